The van der Waals surface area contributed by atoms with Crippen molar-refractivity contribution >= 4 is 17.9 Å². The molecule has 6 heteroatoms. The van der Waals surface area contributed by atoms with Crippen molar-refractivity contribution in [2.45, 2.75) is 348 Å². The van der Waals surface area contributed by atoms with Crippen LogP contribution in [0.25, 0.3) is 0 Å². The van der Waals surface area contributed by atoms with Crippen molar-refractivity contribution in [1.29, 1.82) is 0 Å². The number of hydrogen-bond donors (Lipinski definition) is 0. The number of allylic oxidation sites excluding steroid dienone is 18. The van der Waals surface area contributed by atoms with E-state index < -0.39 is 6.10 Å². The summed E-state index contributed by atoms with van der Waals surface area (Å²) in [5, 5.41) is 0. The molecular weight excluding hydrogens is 1020 g/mol. The Morgan fingerprint density at radius 3 is 0.747 bits per heavy atom. The van der Waals surface area contributed by atoms with Gasteiger partial charge < -0.3 is 14.2 Å². The smallest absolute Gasteiger partial charge is 0.306 e. The third-order valence-corrected chi connectivity index (χ3v) is 15.2. The molecule has 0 spiro atoms. The standard InChI is InChI=1S/C77H132O6/c1-4-7-10-13-16-19-22-25-27-29-31-32-33-34-35-36-37-38-39-40-41-42-43-44-46-47-49-52-55-58-61-64-67-70-76(79)82-73-74(72-81-75(78)69-66-63-60-57-54-51-24-21-18-15-12-9-6-3)83-77(80)71-68-65-62-59-56-53-50-48-45-30-28-26-23-20-17-14-11-8-5-2/h8-9,11-12,17-18,20-22,25-26,28-29,31,45,48,51,54,74H,4-7,10,13-16,19,23-24,27,30,32-44,46-47,49-50,52-53,55-73H2,1-3H3/b11-8-,12-9-,20-17-,21-18-,25-22-,28-26-,31-29-,48-45-,54-51-. The van der Waals surface area contributed by atoms with E-state index in [1.165, 1.54) is 173 Å². The first-order chi connectivity index (χ1) is 41.0. The Labute approximate surface area is 514 Å². The highest BCUT2D eigenvalue weighted by Crippen LogP contribution is 2.17. The van der Waals surface area contributed by atoms with E-state index in [1.54, 1.807) is 0 Å². The summed E-state index contributed by atoms with van der Waals surface area (Å²) in [4.78, 5) is 38.4. The second kappa shape index (κ2) is 70.6. The fourth-order valence-electron chi connectivity index (χ4n) is 10.0. The largest absolute Gasteiger partial charge is 0.462 e. The first-order valence-electron chi connectivity index (χ1n) is 35.4. The molecule has 0 saturated carbocycles. The summed E-state index contributed by atoms with van der Waals surface area (Å²) in [7, 11) is 0. The van der Waals surface area contributed by atoms with E-state index in [-0.39, 0.29) is 31.1 Å². The summed E-state index contributed by atoms with van der Waals surface area (Å²) >= 11 is 0. The molecule has 83 heavy (non-hydrogen) atoms. The Kier molecular flexibility index (Phi) is 67.2. The van der Waals surface area contributed by atoms with Gasteiger partial charge in [-0.3, -0.25) is 14.4 Å². The predicted octanol–water partition coefficient (Wildman–Crippen LogP) is 24.6. The van der Waals surface area contributed by atoms with E-state index in [4.69, 9.17) is 14.2 Å². The van der Waals surface area contributed by atoms with Crippen molar-refractivity contribution in [3.63, 3.8) is 0 Å². The lowest BCUT2D eigenvalue weighted by molar-refractivity contribution is -0.167. The maximum atomic E-state index is 12.9. The van der Waals surface area contributed by atoms with Crippen LogP contribution >= 0.6 is 0 Å². The summed E-state index contributed by atoms with van der Waals surface area (Å²) in [6, 6.07) is 0. The number of esters is 3. The van der Waals surface area contributed by atoms with Crippen molar-refractivity contribution in [1.82, 2.24) is 0 Å². The minimum absolute atomic E-state index is 0.0919. The van der Waals surface area contributed by atoms with Gasteiger partial charge in [0.15, 0.2) is 6.10 Å². The molecular formula is C77H132O6. The van der Waals surface area contributed by atoms with Crippen molar-refractivity contribution in [3.05, 3.63) is 109 Å². The Bertz CT molecular complexity index is 1660. The van der Waals surface area contributed by atoms with Crippen LogP contribution in [0.2, 0.25) is 0 Å². The van der Waals surface area contributed by atoms with Crippen LogP contribution in [0.4, 0.5) is 0 Å². The zero-order valence-corrected chi connectivity index (χ0v) is 54.7. The van der Waals surface area contributed by atoms with Gasteiger partial charge in [-0.05, 0) is 122 Å². The molecule has 0 aliphatic rings. The van der Waals surface area contributed by atoms with Crippen molar-refractivity contribution in [3.8, 4) is 0 Å². The van der Waals surface area contributed by atoms with Gasteiger partial charge in [0.1, 0.15) is 13.2 Å². The molecule has 0 radical (unpaired) electrons. The van der Waals surface area contributed by atoms with Crippen molar-refractivity contribution in [2.75, 3.05) is 13.2 Å². The van der Waals surface area contributed by atoms with Crippen LogP contribution in [0.3, 0.4) is 0 Å². The predicted molar refractivity (Wildman–Crippen MR) is 362 cm³/mol. The van der Waals surface area contributed by atoms with Crippen LogP contribution in [0.15, 0.2) is 109 Å². The highest BCUT2D eigenvalue weighted by Gasteiger charge is 2.19. The molecule has 1 unspecified atom stereocenters. The lowest BCUT2D eigenvalue weighted by Gasteiger charge is -2.18. The number of carbonyl (C=O) groups excluding carboxylic acids is 3. The van der Waals surface area contributed by atoms with E-state index in [0.717, 1.165) is 128 Å². The minimum atomic E-state index is -0.800. The molecule has 0 rings (SSSR count). The highest BCUT2D eigenvalue weighted by atomic mass is 16.6. The first kappa shape index (κ1) is 79.1. The summed E-state index contributed by atoms with van der Waals surface area (Å²) in [6.07, 6.45) is 97.1. The number of carbonyl (C=O) groups is 3. The van der Waals surface area contributed by atoms with Crippen molar-refractivity contribution < 1.29 is 28.6 Å². The normalized spacial score (nSPS) is 12.8. The van der Waals surface area contributed by atoms with Gasteiger partial charge in [0.2, 0.25) is 0 Å². The second-order valence-corrected chi connectivity index (χ2v) is 23.4. The monoisotopic (exact) mass is 1150 g/mol. The fourth-order valence-corrected chi connectivity index (χ4v) is 10.0. The Balaban J connectivity index is 4.19. The summed E-state index contributed by atoms with van der Waals surface area (Å²) < 4.78 is 16.9. The summed E-state index contributed by atoms with van der Waals surface area (Å²) in [5.41, 5.74) is 0. The SMILES string of the molecule is CC/C=C\C/C=C\C/C=C\C/C=C\CCCCCCCCC(=O)OC(COC(=O)CCCCC/C=C\C/C=C\C/C=C\CC)COC(=O)CCCCCCCCCCCCCCCCCCCCCCC/C=C\C/C=C\CCCCCCC. The van der Waals surface area contributed by atoms with Crippen LogP contribution in [-0.2, 0) is 28.6 Å². The number of ether oxygens (including phenoxy) is 3. The molecule has 0 amide bonds. The molecule has 0 aromatic rings. The highest BCUT2D eigenvalue weighted by molar-refractivity contribution is 5.71. The van der Waals surface area contributed by atoms with Gasteiger partial charge in [-0.15, -0.1) is 0 Å². The van der Waals surface area contributed by atoms with E-state index >= 15 is 0 Å². The quantitative estimate of drug-likeness (QED) is 0.0261. The Morgan fingerprint density at radius 1 is 0.253 bits per heavy atom. The molecule has 0 aliphatic carbocycles. The molecule has 0 N–H and O–H groups in total. The topological polar surface area (TPSA) is 78.9 Å². The third kappa shape index (κ3) is 68.7. The van der Waals surface area contributed by atoms with E-state index in [0.29, 0.717) is 19.3 Å². The molecule has 0 fully saturated rings. The van der Waals surface area contributed by atoms with Gasteiger partial charge in [0.05, 0.1) is 0 Å². The van der Waals surface area contributed by atoms with Crippen molar-refractivity contribution in [2.24, 2.45) is 0 Å². The minimum Gasteiger partial charge on any atom is -0.462 e. The van der Waals surface area contributed by atoms with Crippen LogP contribution in [0.1, 0.15) is 342 Å². The van der Waals surface area contributed by atoms with Crippen LogP contribution in [-0.4, -0.2) is 37.2 Å². The summed E-state index contributed by atoms with van der Waals surface area (Å²) in [6.45, 7) is 6.40. The lowest BCUT2D eigenvalue weighted by atomic mass is 10.0. The van der Waals surface area contributed by atoms with Gasteiger partial charge in [-0.1, -0.05) is 310 Å². The molecule has 0 saturated heterocycles. The molecule has 1 atom stereocenters. The van der Waals surface area contributed by atoms with Crippen LogP contribution < -0.4 is 0 Å². The molecule has 0 aromatic heterocycles. The van der Waals surface area contributed by atoms with Gasteiger partial charge in [0.25, 0.3) is 0 Å². The number of unbranched alkanes of at least 4 members (excludes halogenated alkanes) is 35. The van der Waals surface area contributed by atoms with Gasteiger partial charge in [-0.25, -0.2) is 0 Å². The Morgan fingerprint density at radius 2 is 0.470 bits per heavy atom. The number of rotatable bonds is 64. The summed E-state index contributed by atoms with van der Waals surface area (Å²) in [5.74, 6) is -0.925. The average molecular weight is 1150 g/mol. The van der Waals surface area contributed by atoms with Gasteiger partial charge in [-0.2, -0.15) is 0 Å². The van der Waals surface area contributed by atoms with Crippen LogP contribution in [0.5, 0.6) is 0 Å². The lowest BCUT2D eigenvalue weighted by Crippen LogP contribution is -2.30. The Hall–Kier alpha value is -3.93. The van der Waals surface area contributed by atoms with Crippen LogP contribution in [0, 0.1) is 0 Å². The molecule has 6 nitrogen and oxygen atoms in total. The molecule has 476 valence electrons. The van der Waals surface area contributed by atoms with Gasteiger partial charge >= 0.3 is 17.9 Å². The van der Waals surface area contributed by atoms with Gasteiger partial charge in [0, 0.05) is 19.3 Å². The average Bonchev–Trinajstić information content (AvgIpc) is 3.49. The molecule has 0 bridgehead atoms. The maximum Gasteiger partial charge on any atom is 0.306 e. The molecule has 0 aliphatic heterocycles. The number of hydrogen-bond acceptors (Lipinski definition) is 6. The third-order valence-electron chi connectivity index (χ3n) is 15.2. The molecule has 0 heterocycles. The zero-order chi connectivity index (χ0) is 59.9. The fraction of sp³-hybridized carbons (Fsp3) is 0.727. The molecule has 0 aromatic carbocycles. The maximum absolute atomic E-state index is 12.9. The second-order valence-electron chi connectivity index (χ2n) is 23.4. The first-order valence-corrected chi connectivity index (χ1v) is 35.4. The van der Waals surface area contributed by atoms with E-state index in [2.05, 4.69) is 130 Å². The van der Waals surface area contributed by atoms with E-state index in [1.807, 2.05) is 0 Å². The van der Waals surface area contributed by atoms with E-state index in [9.17, 15) is 14.4 Å². The zero-order valence-electron chi connectivity index (χ0n) is 54.7.